The highest BCUT2D eigenvalue weighted by atomic mass is 28.4. The summed E-state index contributed by atoms with van der Waals surface area (Å²) in [5.74, 6) is 0.190. The highest BCUT2D eigenvalue weighted by molar-refractivity contribution is 6.74. The van der Waals surface area contributed by atoms with E-state index >= 15 is 0 Å². The Kier molecular flexibility index (Phi) is 6.99. The molecule has 0 amide bonds. The topological polar surface area (TPSA) is 35.5 Å². The Bertz CT molecular complexity index is 483. The highest BCUT2D eigenvalue weighted by Crippen LogP contribution is 2.40. The van der Waals surface area contributed by atoms with Crippen LogP contribution in [0.25, 0.3) is 0 Å². The first-order chi connectivity index (χ1) is 10.5. The van der Waals surface area contributed by atoms with Crippen LogP contribution < -0.4 is 0 Å². The molecule has 0 bridgehead atoms. The molecule has 1 unspecified atom stereocenters. The van der Waals surface area contributed by atoms with Gasteiger partial charge in [-0.2, -0.15) is 0 Å². The number of ketones is 1. The zero-order chi connectivity index (χ0) is 17.8. The quantitative estimate of drug-likeness (QED) is 0.359. The van der Waals surface area contributed by atoms with Gasteiger partial charge in [0, 0.05) is 31.8 Å². The monoisotopic (exact) mass is 338 g/mol. The summed E-state index contributed by atoms with van der Waals surface area (Å²) in [6, 6.07) is 0. The van der Waals surface area contributed by atoms with Crippen molar-refractivity contribution in [2.75, 3.05) is 20.3 Å². The van der Waals surface area contributed by atoms with Gasteiger partial charge in [-0.3, -0.25) is 4.79 Å². The second-order valence-electron chi connectivity index (χ2n) is 8.08. The van der Waals surface area contributed by atoms with Gasteiger partial charge in [0.2, 0.25) is 0 Å². The summed E-state index contributed by atoms with van der Waals surface area (Å²) in [7, 11) is -0.0911. The summed E-state index contributed by atoms with van der Waals surface area (Å²) in [5, 5.41) is 0.175. The maximum atomic E-state index is 12.3. The van der Waals surface area contributed by atoms with Crippen molar-refractivity contribution >= 4 is 14.1 Å². The molecule has 0 radical (unpaired) electrons. The Labute approximate surface area is 143 Å². The molecule has 4 heteroatoms. The van der Waals surface area contributed by atoms with Crippen molar-refractivity contribution in [3.05, 3.63) is 23.3 Å². The lowest BCUT2D eigenvalue weighted by atomic mass is 9.94. The van der Waals surface area contributed by atoms with E-state index in [0.29, 0.717) is 12.2 Å². The van der Waals surface area contributed by atoms with Gasteiger partial charge in [0.05, 0.1) is 0 Å². The molecular weight excluding hydrogens is 304 g/mol. The Morgan fingerprint density at radius 2 is 1.83 bits per heavy atom. The predicted molar refractivity (Wildman–Crippen MR) is 99.2 cm³/mol. The summed E-state index contributed by atoms with van der Waals surface area (Å²) < 4.78 is 11.5. The third-order valence-corrected chi connectivity index (χ3v) is 9.92. The van der Waals surface area contributed by atoms with Crippen molar-refractivity contribution in [2.24, 2.45) is 5.92 Å². The van der Waals surface area contributed by atoms with E-state index in [1.807, 2.05) is 6.92 Å². The van der Waals surface area contributed by atoms with Crippen LogP contribution in [-0.2, 0) is 14.0 Å². The summed E-state index contributed by atoms with van der Waals surface area (Å²) in [4.78, 5) is 12.3. The van der Waals surface area contributed by atoms with E-state index in [-0.39, 0.29) is 16.7 Å². The van der Waals surface area contributed by atoms with Crippen molar-refractivity contribution < 1.29 is 14.0 Å². The minimum absolute atomic E-state index is 0.0687. The number of methoxy groups -OCH3 is 1. The van der Waals surface area contributed by atoms with E-state index < -0.39 is 8.32 Å². The predicted octanol–water partition coefficient (Wildman–Crippen LogP) is 4.90. The molecule has 0 heterocycles. The number of allylic oxidation sites excluding steroid dienone is 1. The van der Waals surface area contributed by atoms with Gasteiger partial charge in [0.15, 0.2) is 14.1 Å². The van der Waals surface area contributed by atoms with Crippen LogP contribution in [0.15, 0.2) is 23.3 Å². The molecule has 0 fully saturated rings. The van der Waals surface area contributed by atoms with Gasteiger partial charge in [-0.25, -0.2) is 0 Å². The van der Waals surface area contributed by atoms with E-state index in [9.17, 15) is 4.79 Å². The van der Waals surface area contributed by atoms with Crippen LogP contribution in [0.2, 0.25) is 18.1 Å². The molecule has 0 N–H and O–H groups in total. The van der Waals surface area contributed by atoms with Crippen molar-refractivity contribution in [2.45, 2.75) is 65.1 Å². The summed E-state index contributed by atoms with van der Waals surface area (Å²) in [5.41, 5.74) is 2.83. The zero-order valence-corrected chi connectivity index (χ0v) is 17.0. The number of Topliss-reactive ketones (excluding diaryl/α,β-unsaturated/α-hetero) is 1. The van der Waals surface area contributed by atoms with Crippen LogP contribution in [0.4, 0.5) is 0 Å². The second kappa shape index (κ2) is 7.91. The number of hydrogen-bond acceptors (Lipinski definition) is 3. The minimum atomic E-state index is -1.81. The molecule has 1 rings (SSSR count). The first-order valence-corrected chi connectivity index (χ1v) is 11.5. The lowest BCUT2D eigenvalue weighted by molar-refractivity contribution is -0.112. The molecule has 1 aliphatic rings. The minimum Gasteiger partial charge on any atom is -0.416 e. The maximum absolute atomic E-state index is 12.3. The van der Waals surface area contributed by atoms with Crippen LogP contribution in [0, 0.1) is 5.92 Å². The molecule has 0 aromatic carbocycles. The molecule has 1 aliphatic carbocycles. The van der Waals surface area contributed by atoms with E-state index in [0.717, 1.165) is 31.4 Å². The molecule has 0 aromatic rings. The average Bonchev–Trinajstić information content (AvgIpc) is 2.65. The number of unbranched alkanes of at least 4 members (excludes halogenated alkanes) is 1. The van der Waals surface area contributed by atoms with Crippen molar-refractivity contribution in [1.82, 2.24) is 0 Å². The SMILES string of the molecule is C=C1C(=O)C(C)=C(CCCCOC)C1CO[Si](C)(C)C(C)(C)C. The van der Waals surface area contributed by atoms with Crippen LogP contribution in [0.1, 0.15) is 47.0 Å². The van der Waals surface area contributed by atoms with Crippen LogP contribution >= 0.6 is 0 Å². The molecule has 0 saturated heterocycles. The lowest BCUT2D eigenvalue weighted by Crippen LogP contribution is -2.42. The van der Waals surface area contributed by atoms with E-state index in [1.54, 1.807) is 7.11 Å². The largest absolute Gasteiger partial charge is 0.416 e. The fraction of sp³-hybridized carbons (Fsp3) is 0.737. The Morgan fingerprint density at radius 1 is 1.22 bits per heavy atom. The third kappa shape index (κ3) is 4.88. The smallest absolute Gasteiger partial charge is 0.192 e. The van der Waals surface area contributed by atoms with Gasteiger partial charge in [-0.05, 0) is 49.9 Å². The maximum Gasteiger partial charge on any atom is 0.192 e. The molecule has 0 aliphatic heterocycles. The fourth-order valence-electron chi connectivity index (χ4n) is 2.65. The fourth-order valence-corrected chi connectivity index (χ4v) is 3.67. The van der Waals surface area contributed by atoms with E-state index in [2.05, 4.69) is 40.4 Å². The molecule has 0 saturated carbocycles. The molecule has 1 atom stereocenters. The van der Waals surface area contributed by atoms with Crippen LogP contribution in [0.5, 0.6) is 0 Å². The zero-order valence-electron chi connectivity index (χ0n) is 16.0. The van der Waals surface area contributed by atoms with Gasteiger partial charge >= 0.3 is 0 Å². The molecule has 23 heavy (non-hydrogen) atoms. The number of carbonyl (C=O) groups is 1. The second-order valence-corrected chi connectivity index (χ2v) is 12.9. The first kappa shape index (κ1) is 20.3. The van der Waals surface area contributed by atoms with Gasteiger partial charge in [0.25, 0.3) is 0 Å². The normalized spacial score (nSPS) is 19.9. The Morgan fingerprint density at radius 3 is 2.35 bits per heavy atom. The first-order valence-electron chi connectivity index (χ1n) is 8.59. The third-order valence-electron chi connectivity index (χ3n) is 5.42. The Balaban J connectivity index is 2.78. The van der Waals surface area contributed by atoms with Gasteiger partial charge in [0.1, 0.15) is 0 Å². The van der Waals surface area contributed by atoms with Crippen molar-refractivity contribution in [3.8, 4) is 0 Å². The van der Waals surface area contributed by atoms with Crippen LogP contribution in [-0.4, -0.2) is 34.4 Å². The van der Waals surface area contributed by atoms with Crippen LogP contribution in [0.3, 0.4) is 0 Å². The molecule has 0 spiro atoms. The summed E-state index contributed by atoms with van der Waals surface area (Å²) in [6.45, 7) is 18.6. The van der Waals surface area contributed by atoms with E-state index in [4.69, 9.17) is 9.16 Å². The van der Waals surface area contributed by atoms with E-state index in [1.165, 1.54) is 5.57 Å². The summed E-state index contributed by atoms with van der Waals surface area (Å²) >= 11 is 0. The number of ether oxygens (including phenoxy) is 1. The Hall–Kier alpha value is -0.713. The van der Waals surface area contributed by atoms with Gasteiger partial charge in [-0.15, -0.1) is 0 Å². The standard InChI is InChI=1S/C19H34O3Si/c1-14-16(11-9-10-12-21-6)17(15(2)18(14)20)13-22-23(7,8)19(3,4)5/h17H,2,9-13H2,1,3-8H3. The molecule has 132 valence electrons. The van der Waals surface area contributed by atoms with Gasteiger partial charge in [-0.1, -0.05) is 32.9 Å². The summed E-state index contributed by atoms with van der Waals surface area (Å²) in [6.07, 6.45) is 2.99. The lowest BCUT2D eigenvalue weighted by Gasteiger charge is -2.37. The number of rotatable bonds is 8. The molecule has 0 aromatic heterocycles. The van der Waals surface area contributed by atoms with Gasteiger partial charge < -0.3 is 9.16 Å². The highest BCUT2D eigenvalue weighted by Gasteiger charge is 2.40. The number of carbonyl (C=O) groups excluding carboxylic acids is 1. The average molecular weight is 339 g/mol. The molecular formula is C19H34O3Si. The molecule has 3 nitrogen and oxygen atoms in total. The van der Waals surface area contributed by atoms with Crippen molar-refractivity contribution in [1.29, 1.82) is 0 Å². The number of hydrogen-bond donors (Lipinski definition) is 0. The van der Waals surface area contributed by atoms with Crippen molar-refractivity contribution in [3.63, 3.8) is 0 Å².